The van der Waals surface area contributed by atoms with Crippen LogP contribution >= 0.6 is 0 Å². The maximum absolute atomic E-state index is 13.8. The Morgan fingerprint density at radius 2 is 1.78 bits per heavy atom. The van der Waals surface area contributed by atoms with Crippen molar-refractivity contribution in [3.05, 3.63) is 72.3 Å². The Labute approximate surface area is 251 Å². The number of halogens is 6. The molecule has 1 aromatic heterocycles. The number of carbonyl (C=O) groups excluding carboxylic acids is 1. The summed E-state index contributed by atoms with van der Waals surface area (Å²) >= 11 is 0. The van der Waals surface area contributed by atoms with Crippen LogP contribution in [0.15, 0.2) is 76.1 Å². The smallest absolute Gasteiger partial charge is 0.486 e. The number of hydrogen-bond donors (Lipinski definition) is 0. The highest BCUT2D eigenvalue weighted by atomic mass is 32.2. The second-order valence-electron chi connectivity index (χ2n) is 9.57. The number of methoxy groups -OCH3 is 1. The first-order chi connectivity index (χ1) is 21.2. The number of anilines is 1. The number of fused-ring (bicyclic) bond motifs is 1. The lowest BCUT2D eigenvalue weighted by Gasteiger charge is -2.35. The zero-order valence-electron chi connectivity index (χ0n) is 22.9. The van der Waals surface area contributed by atoms with Crippen LogP contribution in [0, 0.1) is 0 Å². The molecule has 0 unspecified atom stereocenters. The standard InChI is InChI=1S/C28H21F6N3O7S/c1-41-24(38)12-10-18-15-37(45(39,40)19-6-4-5-17(14-19)27(29,30)31)21-13-16(9-11-23(21)42-18)25-35-26(44-36-25)20-7-2-3-8-22(20)43-28(32,33)34/h2-9,11,13-14,18H,10,12,15H2,1H3/t18-/m0/s1. The van der Waals surface area contributed by atoms with Crippen molar-refractivity contribution in [2.45, 2.75) is 36.4 Å². The Hall–Kier alpha value is -4.80. The fourth-order valence-electron chi connectivity index (χ4n) is 4.48. The zero-order chi connectivity index (χ0) is 32.6. The Kier molecular flexibility index (Phi) is 8.39. The molecule has 0 aliphatic carbocycles. The van der Waals surface area contributed by atoms with Crippen molar-refractivity contribution >= 4 is 21.7 Å². The van der Waals surface area contributed by atoms with Crippen LogP contribution in [0.25, 0.3) is 22.8 Å². The average Bonchev–Trinajstić information content (AvgIpc) is 3.48. The molecule has 5 rings (SSSR count). The van der Waals surface area contributed by atoms with Crippen molar-refractivity contribution in [2.24, 2.45) is 0 Å². The fraction of sp³-hybridized carbons (Fsp3) is 0.250. The largest absolute Gasteiger partial charge is 0.573 e. The van der Waals surface area contributed by atoms with Crippen molar-refractivity contribution in [1.82, 2.24) is 10.1 Å². The second-order valence-corrected chi connectivity index (χ2v) is 11.4. The molecule has 0 saturated heterocycles. The predicted molar refractivity (Wildman–Crippen MR) is 143 cm³/mol. The number of para-hydroxylation sites is 1. The van der Waals surface area contributed by atoms with Gasteiger partial charge in [-0.2, -0.15) is 18.2 Å². The quantitative estimate of drug-likeness (QED) is 0.160. The molecule has 0 radical (unpaired) electrons. The fourth-order valence-corrected chi connectivity index (χ4v) is 6.02. The van der Waals surface area contributed by atoms with E-state index >= 15 is 0 Å². The molecule has 3 aromatic carbocycles. The van der Waals surface area contributed by atoms with Crippen molar-refractivity contribution in [2.75, 3.05) is 18.0 Å². The monoisotopic (exact) mass is 657 g/mol. The summed E-state index contributed by atoms with van der Waals surface area (Å²) in [5.74, 6) is -1.66. The Morgan fingerprint density at radius 3 is 2.49 bits per heavy atom. The molecule has 2 heterocycles. The number of rotatable bonds is 8. The van der Waals surface area contributed by atoms with Gasteiger partial charge in [0.1, 0.15) is 17.6 Å². The zero-order valence-corrected chi connectivity index (χ0v) is 23.7. The van der Waals surface area contributed by atoms with Gasteiger partial charge in [0, 0.05) is 12.0 Å². The molecule has 0 bridgehead atoms. The highest BCUT2D eigenvalue weighted by Crippen LogP contribution is 2.41. The van der Waals surface area contributed by atoms with Crippen LogP contribution in [-0.4, -0.2) is 50.6 Å². The number of aromatic nitrogens is 2. The first-order valence-corrected chi connectivity index (χ1v) is 14.4. The van der Waals surface area contributed by atoms with Gasteiger partial charge in [0.25, 0.3) is 15.9 Å². The SMILES string of the molecule is COC(=O)CC[C@H]1CN(S(=O)(=O)c2cccc(C(F)(F)F)c2)c2cc(-c3noc(-c4ccccc4OC(F)(F)F)n3)ccc2O1. The lowest BCUT2D eigenvalue weighted by molar-refractivity contribution is -0.274. The topological polar surface area (TPSA) is 121 Å². The number of sulfonamides is 1. The third-order valence-electron chi connectivity index (χ3n) is 6.57. The van der Waals surface area contributed by atoms with E-state index in [4.69, 9.17) is 9.26 Å². The average molecular weight is 658 g/mol. The summed E-state index contributed by atoms with van der Waals surface area (Å²) in [6.07, 6.45) is -10.8. The minimum absolute atomic E-state index is 0.0167. The van der Waals surface area contributed by atoms with E-state index in [0.29, 0.717) is 6.07 Å². The molecule has 1 atom stereocenters. The van der Waals surface area contributed by atoms with Gasteiger partial charge >= 0.3 is 18.5 Å². The minimum Gasteiger partial charge on any atom is -0.486 e. The highest BCUT2D eigenvalue weighted by molar-refractivity contribution is 7.92. The van der Waals surface area contributed by atoms with Crippen molar-refractivity contribution < 1.29 is 58.3 Å². The summed E-state index contributed by atoms with van der Waals surface area (Å²) < 4.78 is 127. The maximum atomic E-state index is 13.8. The third kappa shape index (κ3) is 6.97. The van der Waals surface area contributed by atoms with E-state index < -0.39 is 50.8 Å². The minimum atomic E-state index is -5.00. The summed E-state index contributed by atoms with van der Waals surface area (Å²) in [4.78, 5) is 15.2. The van der Waals surface area contributed by atoms with Gasteiger partial charge in [-0.15, -0.1) is 13.2 Å². The van der Waals surface area contributed by atoms with Crippen molar-refractivity contribution in [3.8, 4) is 34.3 Å². The van der Waals surface area contributed by atoms with Crippen LogP contribution in [0.2, 0.25) is 0 Å². The summed E-state index contributed by atoms with van der Waals surface area (Å²) in [5, 5.41) is 3.80. The first kappa shape index (κ1) is 31.6. The molecule has 10 nitrogen and oxygen atoms in total. The van der Waals surface area contributed by atoms with Crippen LogP contribution in [0.4, 0.5) is 32.0 Å². The van der Waals surface area contributed by atoms with Crippen LogP contribution in [0.3, 0.4) is 0 Å². The molecule has 1 aliphatic rings. The molecular formula is C28H21F6N3O7S. The molecule has 1 aliphatic heterocycles. The van der Waals surface area contributed by atoms with E-state index in [0.717, 1.165) is 28.6 Å². The molecule has 238 valence electrons. The van der Waals surface area contributed by atoms with Gasteiger partial charge in [-0.3, -0.25) is 9.10 Å². The summed E-state index contributed by atoms with van der Waals surface area (Å²) in [7, 11) is -3.47. The van der Waals surface area contributed by atoms with Crippen LogP contribution in [-0.2, 0) is 25.7 Å². The molecule has 0 saturated carbocycles. The first-order valence-electron chi connectivity index (χ1n) is 12.9. The van der Waals surface area contributed by atoms with Crippen LogP contribution in [0.5, 0.6) is 11.5 Å². The van der Waals surface area contributed by atoms with Crippen molar-refractivity contribution in [1.29, 1.82) is 0 Å². The van der Waals surface area contributed by atoms with E-state index in [2.05, 4.69) is 19.6 Å². The molecule has 0 fully saturated rings. The van der Waals surface area contributed by atoms with Crippen molar-refractivity contribution in [3.63, 3.8) is 0 Å². The summed E-state index contributed by atoms with van der Waals surface area (Å²) in [6, 6.07) is 12.3. The van der Waals surface area contributed by atoms with Gasteiger partial charge in [0.05, 0.1) is 35.4 Å². The Morgan fingerprint density at radius 1 is 1.02 bits per heavy atom. The normalized spacial score (nSPS) is 15.3. The second kappa shape index (κ2) is 11.9. The van der Waals surface area contributed by atoms with E-state index in [-0.39, 0.29) is 53.7 Å². The number of nitrogens with zero attached hydrogens (tertiary/aromatic N) is 3. The number of benzene rings is 3. The Bertz CT molecular complexity index is 1830. The van der Waals surface area contributed by atoms with E-state index in [1.165, 1.54) is 43.5 Å². The number of ether oxygens (including phenoxy) is 3. The van der Waals surface area contributed by atoms with Gasteiger partial charge in [-0.25, -0.2) is 8.42 Å². The Balaban J connectivity index is 1.54. The summed E-state index contributed by atoms with van der Waals surface area (Å²) in [5.41, 5.74) is -1.30. The lowest BCUT2D eigenvalue weighted by atomic mass is 10.1. The number of carbonyl (C=O) groups is 1. The lowest BCUT2D eigenvalue weighted by Crippen LogP contribution is -2.43. The van der Waals surface area contributed by atoms with Crippen LogP contribution < -0.4 is 13.8 Å². The summed E-state index contributed by atoms with van der Waals surface area (Å²) in [6.45, 7) is -0.383. The predicted octanol–water partition coefficient (Wildman–Crippen LogP) is 6.23. The van der Waals surface area contributed by atoms with Gasteiger partial charge in [0.15, 0.2) is 0 Å². The third-order valence-corrected chi connectivity index (χ3v) is 8.34. The molecule has 45 heavy (non-hydrogen) atoms. The molecule has 0 spiro atoms. The van der Waals surface area contributed by atoms with E-state index in [1.807, 2.05) is 0 Å². The number of alkyl halides is 6. The molecule has 0 N–H and O–H groups in total. The van der Waals surface area contributed by atoms with Gasteiger partial charge in [-0.05, 0) is 55.0 Å². The van der Waals surface area contributed by atoms with Crippen LogP contribution in [0.1, 0.15) is 18.4 Å². The number of hydrogen-bond acceptors (Lipinski definition) is 9. The molecule has 17 heteroatoms. The van der Waals surface area contributed by atoms with Gasteiger partial charge in [-0.1, -0.05) is 23.4 Å². The van der Waals surface area contributed by atoms with E-state index in [1.54, 1.807) is 0 Å². The van der Waals surface area contributed by atoms with E-state index in [9.17, 15) is 39.6 Å². The molecule has 0 amide bonds. The molecule has 4 aromatic rings. The maximum Gasteiger partial charge on any atom is 0.573 e. The van der Waals surface area contributed by atoms with Gasteiger partial charge in [0.2, 0.25) is 5.82 Å². The van der Waals surface area contributed by atoms with Gasteiger partial charge < -0.3 is 18.7 Å². The number of esters is 1. The molecular weight excluding hydrogens is 636 g/mol. The highest BCUT2D eigenvalue weighted by Gasteiger charge is 2.38.